The van der Waals surface area contributed by atoms with Gasteiger partial charge < -0.3 is 15.0 Å². The number of amides is 1. The zero-order valence-corrected chi connectivity index (χ0v) is 17.7. The third-order valence-corrected chi connectivity index (χ3v) is 5.79. The van der Waals surface area contributed by atoms with Crippen LogP contribution in [0.1, 0.15) is 47.0 Å². The van der Waals surface area contributed by atoms with Crippen LogP contribution < -0.4 is 10.2 Å². The maximum Gasteiger partial charge on any atom is 0.407 e. The lowest BCUT2D eigenvalue weighted by molar-refractivity contribution is -0.120. The topological polar surface area (TPSA) is 97.3 Å². The molecule has 2 heterocycles. The fourth-order valence-corrected chi connectivity index (χ4v) is 4.27. The van der Waals surface area contributed by atoms with E-state index in [0.29, 0.717) is 17.0 Å². The first-order valence-corrected chi connectivity index (χ1v) is 10.0. The van der Waals surface area contributed by atoms with Crippen molar-refractivity contribution >= 4 is 33.8 Å². The number of carbonyl (C=O) groups excluding carboxylic acids is 2. The molecule has 0 bridgehead atoms. The molecular weight excluding hydrogens is 414 g/mol. The Balaban J connectivity index is 1.71. The van der Waals surface area contributed by atoms with Gasteiger partial charge in [0.05, 0.1) is 6.20 Å². The van der Waals surface area contributed by atoms with Gasteiger partial charge in [-0.15, -0.1) is 10.2 Å². The highest BCUT2D eigenvalue weighted by molar-refractivity contribution is 9.10. The third kappa shape index (κ3) is 4.39. The monoisotopic (exact) mass is 439 g/mol. The number of halogens is 1. The van der Waals surface area contributed by atoms with Crippen LogP contribution in [-0.2, 0) is 9.53 Å². The Morgan fingerprint density at radius 1 is 1.33 bits per heavy atom. The molecule has 1 amide bonds. The van der Waals surface area contributed by atoms with Crippen molar-refractivity contribution in [2.45, 2.75) is 58.6 Å². The Morgan fingerprint density at radius 3 is 2.56 bits per heavy atom. The number of hydrogen-bond acceptors (Lipinski definition) is 7. The normalized spacial score (nSPS) is 24.9. The molecule has 8 nitrogen and oxygen atoms in total. The van der Waals surface area contributed by atoms with Crippen LogP contribution in [0.25, 0.3) is 0 Å². The highest BCUT2D eigenvalue weighted by Crippen LogP contribution is 2.47. The zero-order valence-electron chi connectivity index (χ0n) is 16.2. The van der Waals surface area contributed by atoms with Gasteiger partial charge in [0.15, 0.2) is 0 Å². The number of ketones is 1. The summed E-state index contributed by atoms with van der Waals surface area (Å²) in [6, 6.07) is -0.217. The predicted octanol–water partition coefficient (Wildman–Crippen LogP) is 2.72. The number of piperidine rings is 1. The summed E-state index contributed by atoms with van der Waals surface area (Å²) in [6.07, 6.45) is 3.21. The number of alkyl carbamates (subject to hydrolysis) is 1. The van der Waals surface area contributed by atoms with Gasteiger partial charge in [-0.05, 0) is 49.5 Å². The number of nitrogens with one attached hydrogen (secondary N) is 1. The van der Waals surface area contributed by atoms with Crippen molar-refractivity contribution < 1.29 is 14.3 Å². The van der Waals surface area contributed by atoms with E-state index < -0.39 is 11.7 Å². The zero-order chi connectivity index (χ0) is 19.8. The first-order valence-electron chi connectivity index (χ1n) is 9.22. The Kier molecular flexibility index (Phi) is 5.42. The predicted molar refractivity (Wildman–Crippen MR) is 103 cm³/mol. The lowest BCUT2D eigenvalue weighted by Gasteiger charge is -2.43. The summed E-state index contributed by atoms with van der Waals surface area (Å²) in [5.41, 5.74) is -0.814. The molecular formula is C18H26BrN5O3. The summed E-state index contributed by atoms with van der Waals surface area (Å²) in [5, 5.41) is 11.1. The van der Waals surface area contributed by atoms with Crippen LogP contribution in [0.5, 0.6) is 0 Å². The van der Waals surface area contributed by atoms with Gasteiger partial charge in [0, 0.05) is 36.9 Å². The Morgan fingerprint density at radius 2 is 2.00 bits per heavy atom. The van der Waals surface area contributed by atoms with Gasteiger partial charge in [-0.1, -0.05) is 6.92 Å². The van der Waals surface area contributed by atoms with Crippen LogP contribution >= 0.6 is 15.9 Å². The second kappa shape index (κ2) is 7.33. The average molecular weight is 440 g/mol. The van der Waals surface area contributed by atoms with Gasteiger partial charge in [0.2, 0.25) is 5.95 Å². The summed E-state index contributed by atoms with van der Waals surface area (Å²) in [7, 11) is 0. The fourth-order valence-electron chi connectivity index (χ4n) is 4.09. The maximum absolute atomic E-state index is 12.5. The summed E-state index contributed by atoms with van der Waals surface area (Å²) < 4.78 is 6.01. The van der Waals surface area contributed by atoms with Crippen LogP contribution in [0.3, 0.4) is 0 Å². The van der Waals surface area contributed by atoms with E-state index >= 15 is 0 Å². The molecule has 1 aromatic heterocycles. The molecule has 3 rings (SSSR count). The van der Waals surface area contributed by atoms with Gasteiger partial charge in [-0.25, -0.2) is 9.78 Å². The quantitative estimate of drug-likeness (QED) is 0.755. The molecule has 2 aliphatic rings. The molecule has 1 spiro atoms. The highest BCUT2D eigenvalue weighted by atomic mass is 79.9. The minimum atomic E-state index is -0.571. The van der Waals surface area contributed by atoms with E-state index in [9.17, 15) is 9.59 Å². The molecule has 1 saturated heterocycles. The van der Waals surface area contributed by atoms with Gasteiger partial charge >= 0.3 is 6.09 Å². The summed E-state index contributed by atoms with van der Waals surface area (Å²) in [4.78, 5) is 31.2. The van der Waals surface area contributed by atoms with Crippen molar-refractivity contribution in [2.75, 3.05) is 18.0 Å². The number of rotatable bonds is 2. The average Bonchev–Trinajstić information content (AvgIpc) is 2.79. The van der Waals surface area contributed by atoms with E-state index in [1.165, 1.54) is 0 Å². The maximum atomic E-state index is 12.5. The molecule has 1 saturated carbocycles. The molecule has 0 aromatic carbocycles. The van der Waals surface area contributed by atoms with Crippen LogP contribution in [0.15, 0.2) is 10.8 Å². The lowest BCUT2D eigenvalue weighted by Crippen LogP contribution is -2.53. The molecule has 0 radical (unpaired) electrons. The summed E-state index contributed by atoms with van der Waals surface area (Å²) in [6.45, 7) is 8.82. The van der Waals surface area contributed by atoms with Gasteiger partial charge in [-0.2, -0.15) is 0 Å². The van der Waals surface area contributed by atoms with Crippen LogP contribution in [0, 0.1) is 11.3 Å². The fraction of sp³-hybridized carbons (Fsp3) is 0.722. The van der Waals surface area contributed by atoms with E-state index in [2.05, 4.69) is 41.3 Å². The standard InChI is InChI=1S/C18H26BrN5O3/c1-11-12(25)9-18(14(11)21-16(26)27-17(2,3)4)5-7-24(8-6-18)15-20-10-13(19)22-23-15/h10-11,14H,5-9H2,1-4H3,(H,21,26)/t11-,14+/m1/s1. The van der Waals surface area contributed by atoms with E-state index in [0.717, 1.165) is 25.9 Å². The highest BCUT2D eigenvalue weighted by Gasteiger charge is 2.53. The van der Waals surface area contributed by atoms with Crippen molar-refractivity contribution in [2.24, 2.45) is 11.3 Å². The molecule has 148 valence electrons. The van der Waals surface area contributed by atoms with Gasteiger partial charge in [0.1, 0.15) is 16.0 Å². The molecule has 1 aliphatic heterocycles. The molecule has 1 N–H and O–H groups in total. The Labute approximate surface area is 167 Å². The number of hydrogen-bond donors (Lipinski definition) is 1. The summed E-state index contributed by atoms with van der Waals surface area (Å²) >= 11 is 3.24. The van der Waals surface area contributed by atoms with Gasteiger partial charge in [-0.3, -0.25) is 4.79 Å². The van der Waals surface area contributed by atoms with Crippen molar-refractivity contribution in [1.82, 2.24) is 20.5 Å². The van der Waals surface area contributed by atoms with Crippen molar-refractivity contribution in [3.8, 4) is 0 Å². The largest absolute Gasteiger partial charge is 0.444 e. The van der Waals surface area contributed by atoms with Crippen LogP contribution in [-0.4, -0.2) is 51.8 Å². The summed E-state index contributed by atoms with van der Waals surface area (Å²) in [5.74, 6) is 0.572. The lowest BCUT2D eigenvalue weighted by atomic mass is 9.73. The second-order valence-corrected chi connectivity index (χ2v) is 9.30. The molecule has 0 unspecified atom stereocenters. The van der Waals surface area contributed by atoms with Crippen molar-refractivity contribution in [1.29, 1.82) is 0 Å². The number of carbonyl (C=O) groups is 2. The molecule has 1 aliphatic carbocycles. The third-order valence-electron chi connectivity index (χ3n) is 5.43. The number of Topliss-reactive ketones (excluding diaryl/α,β-unsaturated/α-hetero) is 1. The van der Waals surface area contributed by atoms with E-state index in [-0.39, 0.29) is 23.2 Å². The number of ether oxygens (including phenoxy) is 1. The number of nitrogens with zero attached hydrogens (tertiary/aromatic N) is 4. The molecule has 2 fully saturated rings. The van der Waals surface area contributed by atoms with E-state index in [1.807, 2.05) is 27.7 Å². The number of anilines is 1. The van der Waals surface area contributed by atoms with Crippen LogP contribution in [0.4, 0.5) is 10.7 Å². The minimum absolute atomic E-state index is 0.200. The molecule has 27 heavy (non-hydrogen) atoms. The minimum Gasteiger partial charge on any atom is -0.444 e. The second-order valence-electron chi connectivity index (χ2n) is 8.49. The SMILES string of the molecule is C[C@@H]1C(=O)CC2(CCN(c3ncc(Br)nn3)CC2)[C@H]1NC(=O)OC(C)(C)C. The first-order chi connectivity index (χ1) is 12.6. The van der Waals surface area contributed by atoms with Gasteiger partial charge in [0.25, 0.3) is 0 Å². The van der Waals surface area contributed by atoms with E-state index in [4.69, 9.17) is 4.74 Å². The van der Waals surface area contributed by atoms with Crippen molar-refractivity contribution in [3.63, 3.8) is 0 Å². The number of aromatic nitrogens is 3. The van der Waals surface area contributed by atoms with Crippen LogP contribution in [0.2, 0.25) is 0 Å². The molecule has 2 atom stereocenters. The van der Waals surface area contributed by atoms with Crippen molar-refractivity contribution in [3.05, 3.63) is 10.8 Å². The first kappa shape index (κ1) is 20.0. The molecule has 9 heteroatoms. The Hall–Kier alpha value is -1.77. The van der Waals surface area contributed by atoms with E-state index in [1.54, 1.807) is 6.20 Å². The smallest absolute Gasteiger partial charge is 0.407 e. The Bertz CT molecular complexity index is 711. The molecule has 1 aromatic rings.